The topological polar surface area (TPSA) is 64.9 Å². The lowest BCUT2D eigenvalue weighted by molar-refractivity contribution is 0.449. The smallest absolute Gasteiger partial charge is 0.259 e. The van der Waals surface area contributed by atoms with Crippen LogP contribution in [0.25, 0.3) is 11.1 Å². The fraction of sp³-hybridized carbons (Fsp3) is 0. The van der Waals surface area contributed by atoms with Crippen molar-refractivity contribution in [3.8, 4) is 0 Å². The molecular formula is C6H4ClN3O. The van der Waals surface area contributed by atoms with E-state index in [1.165, 1.54) is 6.20 Å². The van der Waals surface area contributed by atoms with Gasteiger partial charge in [-0.15, -0.1) is 0 Å². The van der Waals surface area contributed by atoms with Crippen LogP contribution in [0.3, 0.4) is 0 Å². The average molecular weight is 170 g/mol. The first-order chi connectivity index (χ1) is 5.27. The third-order valence-corrected chi connectivity index (χ3v) is 1.58. The van der Waals surface area contributed by atoms with Gasteiger partial charge in [0.15, 0.2) is 5.15 Å². The zero-order chi connectivity index (χ0) is 7.84. The van der Waals surface area contributed by atoms with Gasteiger partial charge >= 0.3 is 0 Å². The van der Waals surface area contributed by atoms with Crippen molar-refractivity contribution in [3.63, 3.8) is 0 Å². The Kier molecular flexibility index (Phi) is 1.22. The Bertz CT molecular complexity index is 398. The molecule has 4 nitrogen and oxygen atoms in total. The zero-order valence-electron chi connectivity index (χ0n) is 5.41. The van der Waals surface area contributed by atoms with Crippen molar-refractivity contribution >= 4 is 28.4 Å². The summed E-state index contributed by atoms with van der Waals surface area (Å²) in [6, 6.07) is 1.67. The summed E-state index contributed by atoms with van der Waals surface area (Å²) in [7, 11) is 0. The van der Waals surface area contributed by atoms with Gasteiger partial charge in [-0.3, -0.25) is 0 Å². The summed E-state index contributed by atoms with van der Waals surface area (Å²) in [4.78, 5) is 3.86. The van der Waals surface area contributed by atoms with Crippen LogP contribution in [0.4, 0.5) is 5.69 Å². The predicted octanol–water partition coefficient (Wildman–Crippen LogP) is 1.46. The van der Waals surface area contributed by atoms with Gasteiger partial charge in [-0.2, -0.15) is 0 Å². The third-order valence-electron chi connectivity index (χ3n) is 1.31. The Morgan fingerprint density at radius 2 is 2.36 bits per heavy atom. The molecule has 0 bridgehead atoms. The van der Waals surface area contributed by atoms with Crippen LogP contribution in [0.1, 0.15) is 0 Å². The molecule has 56 valence electrons. The van der Waals surface area contributed by atoms with Crippen molar-refractivity contribution in [1.29, 1.82) is 0 Å². The molecule has 5 heteroatoms. The van der Waals surface area contributed by atoms with E-state index < -0.39 is 0 Å². The van der Waals surface area contributed by atoms with Crippen LogP contribution >= 0.6 is 11.6 Å². The van der Waals surface area contributed by atoms with Crippen molar-refractivity contribution in [2.24, 2.45) is 0 Å². The molecule has 0 aliphatic heterocycles. The molecule has 2 aromatic rings. The third kappa shape index (κ3) is 0.914. The van der Waals surface area contributed by atoms with Crippen molar-refractivity contribution in [3.05, 3.63) is 17.4 Å². The molecular weight excluding hydrogens is 166 g/mol. The molecule has 0 aliphatic rings. The molecule has 0 saturated heterocycles. The van der Waals surface area contributed by atoms with Crippen LogP contribution in [0, 0.1) is 0 Å². The molecule has 2 N–H and O–H groups in total. The summed E-state index contributed by atoms with van der Waals surface area (Å²) >= 11 is 5.64. The number of fused-ring (bicyclic) bond motifs is 1. The Morgan fingerprint density at radius 1 is 1.55 bits per heavy atom. The highest BCUT2D eigenvalue weighted by Crippen LogP contribution is 2.21. The van der Waals surface area contributed by atoms with Crippen molar-refractivity contribution in [2.75, 3.05) is 5.73 Å². The van der Waals surface area contributed by atoms with Gasteiger partial charge in [0.2, 0.25) is 0 Å². The summed E-state index contributed by atoms with van der Waals surface area (Å²) in [5, 5.41) is 4.45. The quantitative estimate of drug-likeness (QED) is 0.649. The molecule has 0 saturated carbocycles. The second-order valence-corrected chi connectivity index (χ2v) is 2.45. The minimum atomic E-state index is 0.291. The molecule has 2 heterocycles. The maximum absolute atomic E-state index is 5.64. The minimum absolute atomic E-state index is 0.291. The number of nitrogens with zero attached hydrogens (tertiary/aromatic N) is 2. The number of hydrogen-bond donors (Lipinski definition) is 1. The first-order valence-corrected chi connectivity index (χ1v) is 3.31. The molecule has 0 atom stereocenters. The van der Waals surface area contributed by atoms with Crippen molar-refractivity contribution < 1.29 is 4.52 Å². The van der Waals surface area contributed by atoms with Gasteiger partial charge in [0.25, 0.3) is 5.71 Å². The molecule has 0 aliphatic carbocycles. The van der Waals surface area contributed by atoms with Crippen LogP contribution in [-0.4, -0.2) is 10.1 Å². The number of nitrogen functional groups attached to an aromatic ring is 1. The Labute approximate surface area is 66.9 Å². The van der Waals surface area contributed by atoms with Crippen molar-refractivity contribution in [2.45, 2.75) is 0 Å². The fourth-order valence-corrected chi connectivity index (χ4v) is 0.991. The normalized spacial score (nSPS) is 10.6. The van der Waals surface area contributed by atoms with E-state index in [2.05, 4.69) is 10.1 Å². The van der Waals surface area contributed by atoms with Gasteiger partial charge in [-0.25, -0.2) is 4.98 Å². The van der Waals surface area contributed by atoms with Gasteiger partial charge in [0.1, 0.15) is 0 Å². The molecule has 0 fully saturated rings. The van der Waals surface area contributed by atoms with E-state index in [-0.39, 0.29) is 0 Å². The van der Waals surface area contributed by atoms with Gasteiger partial charge in [-0.05, 0) is 6.07 Å². The summed E-state index contributed by atoms with van der Waals surface area (Å²) in [6.07, 6.45) is 1.49. The molecule has 0 amide bonds. The molecule has 0 unspecified atom stereocenters. The molecule has 0 radical (unpaired) electrons. The number of anilines is 1. The lowest BCUT2D eigenvalue weighted by Crippen LogP contribution is -1.84. The van der Waals surface area contributed by atoms with Gasteiger partial charge in [0.05, 0.1) is 17.3 Å². The SMILES string of the molecule is Nc1cnc2onc(Cl)c2c1. The summed E-state index contributed by atoms with van der Waals surface area (Å²) in [5.41, 5.74) is 6.41. The predicted molar refractivity (Wildman–Crippen MR) is 41.2 cm³/mol. The lowest BCUT2D eigenvalue weighted by atomic mass is 10.3. The minimum Gasteiger partial charge on any atom is -0.397 e. The first-order valence-electron chi connectivity index (χ1n) is 2.94. The van der Waals surface area contributed by atoms with E-state index in [1.54, 1.807) is 6.07 Å². The van der Waals surface area contributed by atoms with Gasteiger partial charge in [-0.1, -0.05) is 16.8 Å². The van der Waals surface area contributed by atoms with E-state index in [9.17, 15) is 0 Å². The van der Waals surface area contributed by atoms with Gasteiger partial charge < -0.3 is 10.3 Å². The standard InChI is InChI=1S/C6H4ClN3O/c7-5-4-1-3(8)2-9-6(4)11-10-5/h1-2H,8H2. The molecule has 0 aromatic carbocycles. The maximum Gasteiger partial charge on any atom is 0.259 e. The summed E-state index contributed by atoms with van der Waals surface area (Å²) in [6.45, 7) is 0. The van der Waals surface area contributed by atoms with Crippen LogP contribution in [0.15, 0.2) is 16.8 Å². The molecule has 0 spiro atoms. The monoisotopic (exact) mass is 169 g/mol. The van der Waals surface area contributed by atoms with Crippen LogP contribution < -0.4 is 5.73 Å². The lowest BCUT2D eigenvalue weighted by Gasteiger charge is -1.88. The highest BCUT2D eigenvalue weighted by molar-refractivity contribution is 6.33. The zero-order valence-corrected chi connectivity index (χ0v) is 6.17. The van der Waals surface area contributed by atoms with E-state index in [1.807, 2.05) is 0 Å². The summed E-state index contributed by atoms with van der Waals surface area (Å²) < 4.78 is 4.76. The van der Waals surface area contributed by atoms with E-state index in [0.717, 1.165) is 0 Å². The number of hydrogen-bond acceptors (Lipinski definition) is 4. The maximum atomic E-state index is 5.64. The summed E-state index contributed by atoms with van der Waals surface area (Å²) in [5.74, 6) is 0. The average Bonchev–Trinajstić information content (AvgIpc) is 2.33. The largest absolute Gasteiger partial charge is 0.397 e. The van der Waals surface area contributed by atoms with Crippen LogP contribution in [0.5, 0.6) is 0 Å². The molecule has 2 aromatic heterocycles. The second-order valence-electron chi connectivity index (χ2n) is 2.09. The Hall–Kier alpha value is -1.29. The van der Waals surface area contributed by atoms with Crippen molar-refractivity contribution in [1.82, 2.24) is 10.1 Å². The molecule has 2 rings (SSSR count). The number of aromatic nitrogens is 2. The van der Waals surface area contributed by atoms with Crippen LogP contribution in [-0.2, 0) is 0 Å². The van der Waals surface area contributed by atoms with E-state index in [0.29, 0.717) is 21.9 Å². The van der Waals surface area contributed by atoms with Gasteiger partial charge in [0, 0.05) is 0 Å². The number of halogens is 1. The number of rotatable bonds is 0. The van der Waals surface area contributed by atoms with Crippen LogP contribution in [0.2, 0.25) is 5.15 Å². The number of nitrogens with two attached hydrogens (primary N) is 1. The fourth-order valence-electron chi connectivity index (χ4n) is 0.821. The molecule has 11 heavy (non-hydrogen) atoms. The highest BCUT2D eigenvalue weighted by atomic mass is 35.5. The van der Waals surface area contributed by atoms with E-state index in [4.69, 9.17) is 21.9 Å². The highest BCUT2D eigenvalue weighted by Gasteiger charge is 2.05. The van der Waals surface area contributed by atoms with E-state index >= 15 is 0 Å². The second kappa shape index (κ2) is 2.10. The number of pyridine rings is 1. The Morgan fingerprint density at radius 3 is 3.18 bits per heavy atom. The first kappa shape index (κ1) is 6.42. The Balaban J connectivity index is 2.87.